The predicted octanol–water partition coefficient (Wildman–Crippen LogP) is 2.48. The van der Waals surface area contributed by atoms with Gasteiger partial charge in [-0.3, -0.25) is 0 Å². The van der Waals surface area contributed by atoms with Crippen LogP contribution < -0.4 is 4.74 Å². The summed E-state index contributed by atoms with van der Waals surface area (Å²) in [7, 11) is 13.0. The van der Waals surface area contributed by atoms with Crippen molar-refractivity contribution in [2.45, 2.75) is 0 Å². The van der Waals surface area contributed by atoms with Crippen molar-refractivity contribution in [3.63, 3.8) is 0 Å². The number of hydrogen-bond acceptors (Lipinski definition) is 2. The van der Waals surface area contributed by atoms with Gasteiger partial charge in [0.15, 0.2) is 0 Å². The molecule has 0 saturated carbocycles. The molecule has 5 heteroatoms. The monoisotopic (exact) mass is 308 g/mol. The fraction of sp³-hybridized carbons (Fsp3) is 0.125. The summed E-state index contributed by atoms with van der Waals surface area (Å²) in [5.74, 6) is 0.841. The molecule has 0 bridgehead atoms. The SMILES string of the molecule is COc1ccc(O)cc1[CH]=[Ru]([Cl])[Cl]. The molecule has 0 aliphatic rings. The third kappa shape index (κ3) is 3.26. The van der Waals surface area contributed by atoms with Crippen molar-refractivity contribution in [3.8, 4) is 11.5 Å². The molecule has 74 valence electrons. The van der Waals surface area contributed by atoms with E-state index in [9.17, 15) is 5.11 Å². The summed E-state index contributed by atoms with van der Waals surface area (Å²) in [5, 5.41) is 9.20. The van der Waals surface area contributed by atoms with Gasteiger partial charge >= 0.3 is 89.7 Å². The second-order valence-electron chi connectivity index (χ2n) is 2.23. The number of aromatic hydroxyl groups is 1. The maximum absolute atomic E-state index is 9.20. The first-order valence-electron chi connectivity index (χ1n) is 3.33. The zero-order valence-electron chi connectivity index (χ0n) is 6.77. The van der Waals surface area contributed by atoms with Crippen LogP contribution >= 0.6 is 19.4 Å². The van der Waals surface area contributed by atoms with Crippen LogP contribution in [0.2, 0.25) is 0 Å². The van der Waals surface area contributed by atoms with Gasteiger partial charge in [-0.15, -0.1) is 0 Å². The van der Waals surface area contributed by atoms with E-state index in [1.807, 2.05) is 0 Å². The summed E-state index contributed by atoms with van der Waals surface area (Å²) in [6.07, 6.45) is 0. The van der Waals surface area contributed by atoms with Crippen LogP contribution in [0.15, 0.2) is 18.2 Å². The van der Waals surface area contributed by atoms with Gasteiger partial charge in [0, 0.05) is 0 Å². The summed E-state index contributed by atoms with van der Waals surface area (Å²) in [5.41, 5.74) is 0.742. The zero-order valence-corrected chi connectivity index (χ0v) is 10.0. The van der Waals surface area contributed by atoms with Gasteiger partial charge in [-0.2, -0.15) is 0 Å². The maximum atomic E-state index is 9.20. The van der Waals surface area contributed by atoms with E-state index in [2.05, 4.69) is 0 Å². The molecule has 0 fully saturated rings. The Kier molecular flexibility index (Phi) is 4.17. The standard InChI is InChI=1S/C8H8O2.2ClH.Ru/c1-6-5-7(9)3-4-8(6)10-2;;;/h1,3-5,9H,2H3;2*1H;/q;;;+2/p-2. The van der Waals surface area contributed by atoms with Crippen LogP contribution in [0, 0.1) is 0 Å². The molecule has 1 aromatic carbocycles. The number of phenols is 1. The Morgan fingerprint density at radius 2 is 2.15 bits per heavy atom. The third-order valence-electron chi connectivity index (χ3n) is 1.40. The first-order chi connectivity index (χ1) is 6.13. The molecule has 0 aliphatic heterocycles. The normalized spacial score (nSPS) is 10.8. The van der Waals surface area contributed by atoms with Crippen LogP contribution in [0.1, 0.15) is 5.56 Å². The Balaban J connectivity index is 3.16. The molecule has 1 N–H and O–H groups in total. The molecular formula is C8H8Cl2O2Ru. The van der Waals surface area contributed by atoms with Gasteiger partial charge in [-0.1, -0.05) is 0 Å². The van der Waals surface area contributed by atoms with Crippen LogP contribution in [0.5, 0.6) is 11.5 Å². The van der Waals surface area contributed by atoms with Gasteiger partial charge in [-0.25, -0.2) is 0 Å². The van der Waals surface area contributed by atoms with E-state index < -0.39 is 13.5 Å². The van der Waals surface area contributed by atoms with E-state index in [4.69, 9.17) is 24.1 Å². The summed E-state index contributed by atoms with van der Waals surface area (Å²) in [6, 6.07) is 4.80. The van der Waals surface area contributed by atoms with Crippen molar-refractivity contribution >= 4 is 24.0 Å². The van der Waals surface area contributed by atoms with Gasteiger partial charge in [-0.05, 0) is 0 Å². The number of hydrogen-bond donors (Lipinski definition) is 1. The van der Waals surface area contributed by atoms with E-state index >= 15 is 0 Å². The molecule has 0 saturated heterocycles. The van der Waals surface area contributed by atoms with Crippen molar-refractivity contribution in [2.24, 2.45) is 0 Å². The summed E-state index contributed by atoms with van der Waals surface area (Å²) >= 11 is -1.87. The van der Waals surface area contributed by atoms with Gasteiger partial charge in [0.2, 0.25) is 0 Å². The van der Waals surface area contributed by atoms with Crippen LogP contribution in [-0.4, -0.2) is 16.8 Å². The Morgan fingerprint density at radius 3 is 2.69 bits per heavy atom. The number of halogens is 2. The average Bonchev–Trinajstić information content (AvgIpc) is 2.03. The summed E-state index contributed by atoms with van der Waals surface area (Å²) < 4.78 is 6.79. The number of rotatable bonds is 2. The Bertz CT molecular complexity index is 335. The van der Waals surface area contributed by atoms with E-state index in [1.54, 1.807) is 29.9 Å². The Labute approximate surface area is 89.6 Å². The van der Waals surface area contributed by atoms with Crippen molar-refractivity contribution < 1.29 is 23.4 Å². The van der Waals surface area contributed by atoms with E-state index in [0.717, 1.165) is 5.56 Å². The molecule has 0 amide bonds. The van der Waals surface area contributed by atoms with Crippen molar-refractivity contribution in [1.29, 1.82) is 0 Å². The summed E-state index contributed by atoms with van der Waals surface area (Å²) in [4.78, 5) is 0. The molecule has 0 atom stereocenters. The predicted molar refractivity (Wildman–Crippen MR) is 51.5 cm³/mol. The fourth-order valence-electron chi connectivity index (χ4n) is 0.885. The summed E-state index contributed by atoms with van der Waals surface area (Å²) in [6.45, 7) is 0. The average molecular weight is 308 g/mol. The second-order valence-corrected chi connectivity index (χ2v) is 7.96. The van der Waals surface area contributed by atoms with Crippen LogP contribution in [0.25, 0.3) is 0 Å². The molecule has 1 aromatic rings. The number of benzene rings is 1. The van der Waals surface area contributed by atoms with Crippen molar-refractivity contribution in [2.75, 3.05) is 7.11 Å². The number of phenolic OH excluding ortho intramolecular Hbond substituents is 1. The molecule has 0 aliphatic carbocycles. The first-order valence-corrected chi connectivity index (χ1v) is 8.81. The molecule has 0 unspecified atom stereocenters. The number of methoxy groups -OCH3 is 1. The molecule has 0 aromatic heterocycles. The topological polar surface area (TPSA) is 29.5 Å². The van der Waals surface area contributed by atoms with Gasteiger partial charge in [0.05, 0.1) is 0 Å². The minimum atomic E-state index is -1.87. The van der Waals surface area contributed by atoms with E-state index in [0.29, 0.717) is 5.75 Å². The molecule has 2 nitrogen and oxygen atoms in total. The van der Waals surface area contributed by atoms with Crippen LogP contribution in [0.3, 0.4) is 0 Å². The van der Waals surface area contributed by atoms with Crippen molar-refractivity contribution in [3.05, 3.63) is 23.8 Å². The quantitative estimate of drug-likeness (QED) is 0.851. The second kappa shape index (κ2) is 4.95. The first kappa shape index (κ1) is 11.0. The zero-order chi connectivity index (χ0) is 9.84. The minimum absolute atomic E-state index is 0.177. The number of ether oxygens (including phenoxy) is 1. The van der Waals surface area contributed by atoms with Gasteiger partial charge < -0.3 is 0 Å². The van der Waals surface area contributed by atoms with Gasteiger partial charge in [0.1, 0.15) is 0 Å². The van der Waals surface area contributed by atoms with Crippen LogP contribution in [-0.2, 0) is 13.5 Å². The van der Waals surface area contributed by atoms with E-state index in [-0.39, 0.29) is 5.75 Å². The molecular weight excluding hydrogens is 300 g/mol. The van der Waals surface area contributed by atoms with E-state index in [1.165, 1.54) is 0 Å². The molecule has 0 spiro atoms. The van der Waals surface area contributed by atoms with Crippen molar-refractivity contribution in [1.82, 2.24) is 0 Å². The molecule has 0 heterocycles. The Morgan fingerprint density at radius 1 is 1.46 bits per heavy atom. The van der Waals surface area contributed by atoms with Gasteiger partial charge in [0.25, 0.3) is 0 Å². The fourth-order valence-corrected chi connectivity index (χ4v) is 2.67. The molecule has 13 heavy (non-hydrogen) atoms. The third-order valence-corrected chi connectivity index (χ3v) is 3.23. The Hall–Kier alpha value is -0.107. The molecule has 1 rings (SSSR count). The van der Waals surface area contributed by atoms with Crippen LogP contribution in [0.4, 0.5) is 0 Å². The molecule has 0 radical (unpaired) electrons.